The van der Waals surface area contributed by atoms with Crippen LogP contribution in [0.15, 0.2) is 29.4 Å². The van der Waals surface area contributed by atoms with Crippen molar-refractivity contribution in [3.05, 3.63) is 29.8 Å². The van der Waals surface area contributed by atoms with Gasteiger partial charge in [0.25, 0.3) is 0 Å². The van der Waals surface area contributed by atoms with Crippen LogP contribution in [0.3, 0.4) is 0 Å². The van der Waals surface area contributed by atoms with Crippen molar-refractivity contribution in [2.75, 3.05) is 11.9 Å². The van der Waals surface area contributed by atoms with Gasteiger partial charge in [-0.25, -0.2) is 0 Å². The van der Waals surface area contributed by atoms with Crippen LogP contribution >= 0.6 is 0 Å². The van der Waals surface area contributed by atoms with E-state index in [1.165, 1.54) is 0 Å². The molecule has 0 saturated carbocycles. The summed E-state index contributed by atoms with van der Waals surface area (Å²) in [6, 6.07) is 6.84. The van der Waals surface area contributed by atoms with Crippen molar-refractivity contribution in [3.63, 3.8) is 0 Å². The van der Waals surface area contributed by atoms with E-state index in [-0.39, 0.29) is 11.8 Å². The smallest absolute Gasteiger partial charge is 0.248 e. The number of amides is 1. The summed E-state index contributed by atoms with van der Waals surface area (Å²) in [6.45, 7) is 2.32. The topological polar surface area (TPSA) is 114 Å². The van der Waals surface area contributed by atoms with Gasteiger partial charge in [-0.3, -0.25) is 4.79 Å². The van der Waals surface area contributed by atoms with Gasteiger partial charge >= 0.3 is 0 Å². The van der Waals surface area contributed by atoms with E-state index in [4.69, 9.17) is 16.7 Å². The summed E-state index contributed by atoms with van der Waals surface area (Å²) in [6.07, 6.45) is 0. The number of oxime groups is 1. The number of benzene rings is 1. The maximum Gasteiger partial charge on any atom is 0.248 e. The molecule has 0 saturated heterocycles. The molecule has 0 aromatic heterocycles. The van der Waals surface area contributed by atoms with Gasteiger partial charge in [-0.05, 0) is 18.2 Å². The molecule has 0 bridgehead atoms. The minimum atomic E-state index is -0.474. The molecule has 6 nitrogen and oxygen atoms in total. The second kappa shape index (κ2) is 5.74. The molecule has 0 fully saturated rings. The molecule has 6 N–H and O–H groups in total. The number of primary amides is 1. The molecule has 1 aromatic rings. The largest absolute Gasteiger partial charge is 0.409 e. The van der Waals surface area contributed by atoms with Crippen LogP contribution in [0.4, 0.5) is 5.69 Å². The van der Waals surface area contributed by atoms with Gasteiger partial charge in [0, 0.05) is 23.7 Å². The average Bonchev–Trinajstić information content (AvgIpc) is 2.35. The predicted molar refractivity (Wildman–Crippen MR) is 66.0 cm³/mol. The number of carbonyl (C=O) groups is 1. The summed E-state index contributed by atoms with van der Waals surface area (Å²) in [5.41, 5.74) is 11.8. The first-order valence-electron chi connectivity index (χ1n) is 5.15. The van der Waals surface area contributed by atoms with Crippen molar-refractivity contribution in [2.24, 2.45) is 22.5 Å². The van der Waals surface area contributed by atoms with Gasteiger partial charge in [-0.1, -0.05) is 18.1 Å². The van der Waals surface area contributed by atoms with Gasteiger partial charge in [0.1, 0.15) is 5.84 Å². The van der Waals surface area contributed by atoms with Crippen LogP contribution in [0.5, 0.6) is 0 Å². The maximum absolute atomic E-state index is 11.0. The summed E-state index contributed by atoms with van der Waals surface area (Å²) >= 11 is 0. The van der Waals surface area contributed by atoms with Crippen molar-refractivity contribution in [1.82, 2.24) is 0 Å². The molecule has 0 heterocycles. The number of carbonyl (C=O) groups excluding carboxylic acids is 1. The van der Waals surface area contributed by atoms with Gasteiger partial charge in [0.15, 0.2) is 0 Å². The zero-order valence-electron chi connectivity index (χ0n) is 9.55. The fourth-order valence-electron chi connectivity index (χ4n) is 1.26. The van der Waals surface area contributed by atoms with Crippen LogP contribution in [0.2, 0.25) is 0 Å². The van der Waals surface area contributed by atoms with Crippen LogP contribution in [-0.4, -0.2) is 23.5 Å². The molecule has 92 valence electrons. The van der Waals surface area contributed by atoms with Gasteiger partial charge in [0.05, 0.1) is 0 Å². The van der Waals surface area contributed by atoms with E-state index in [0.29, 0.717) is 12.1 Å². The third kappa shape index (κ3) is 3.67. The number of nitrogens with two attached hydrogens (primary N) is 2. The lowest BCUT2D eigenvalue weighted by Gasteiger charge is -2.12. The zero-order chi connectivity index (χ0) is 12.8. The Balaban J connectivity index is 2.64. The minimum Gasteiger partial charge on any atom is -0.409 e. The number of nitrogens with one attached hydrogen (secondary N) is 1. The SMILES string of the molecule is CC(CNc1cccc(C(N)=O)c1)/C(N)=N/O. The molecular formula is C11H16N4O2. The predicted octanol–water partition coefficient (Wildman–Crippen LogP) is 0.580. The van der Waals surface area contributed by atoms with E-state index >= 15 is 0 Å². The van der Waals surface area contributed by atoms with Gasteiger partial charge in [-0.15, -0.1) is 0 Å². The molecular weight excluding hydrogens is 220 g/mol. The van der Waals surface area contributed by atoms with E-state index in [1.54, 1.807) is 18.2 Å². The summed E-state index contributed by atoms with van der Waals surface area (Å²) < 4.78 is 0. The van der Waals surface area contributed by atoms with Crippen molar-refractivity contribution < 1.29 is 10.0 Å². The highest BCUT2D eigenvalue weighted by atomic mass is 16.4. The van der Waals surface area contributed by atoms with Gasteiger partial charge in [-0.2, -0.15) is 0 Å². The van der Waals surface area contributed by atoms with Crippen LogP contribution in [-0.2, 0) is 0 Å². The first kappa shape index (κ1) is 12.8. The molecule has 1 aromatic carbocycles. The fourth-order valence-corrected chi connectivity index (χ4v) is 1.26. The Labute approximate surface area is 99.3 Å². The van der Waals surface area contributed by atoms with Crippen molar-refractivity contribution in [3.8, 4) is 0 Å². The molecule has 1 unspecified atom stereocenters. The van der Waals surface area contributed by atoms with Crippen LogP contribution in [0, 0.1) is 5.92 Å². The van der Waals surface area contributed by atoms with Crippen LogP contribution in [0.1, 0.15) is 17.3 Å². The van der Waals surface area contributed by atoms with E-state index < -0.39 is 5.91 Å². The highest BCUT2D eigenvalue weighted by molar-refractivity contribution is 5.93. The van der Waals surface area contributed by atoms with Crippen molar-refractivity contribution in [2.45, 2.75) is 6.92 Å². The normalized spacial score (nSPS) is 13.1. The Bertz CT molecular complexity index is 431. The van der Waals surface area contributed by atoms with Crippen molar-refractivity contribution >= 4 is 17.4 Å². The van der Waals surface area contributed by atoms with Crippen LogP contribution in [0.25, 0.3) is 0 Å². The number of hydrogen-bond donors (Lipinski definition) is 4. The Morgan fingerprint density at radius 3 is 2.82 bits per heavy atom. The zero-order valence-corrected chi connectivity index (χ0v) is 9.55. The first-order valence-corrected chi connectivity index (χ1v) is 5.15. The van der Waals surface area contributed by atoms with E-state index in [1.807, 2.05) is 13.0 Å². The molecule has 1 rings (SSSR count). The Morgan fingerprint density at radius 1 is 1.53 bits per heavy atom. The first-order chi connectivity index (χ1) is 8.04. The lowest BCUT2D eigenvalue weighted by atomic mass is 10.1. The lowest BCUT2D eigenvalue weighted by molar-refractivity contribution is 0.100. The second-order valence-electron chi connectivity index (χ2n) is 3.75. The number of hydrogen-bond acceptors (Lipinski definition) is 4. The summed E-state index contributed by atoms with van der Waals surface area (Å²) in [4.78, 5) is 11.0. The quantitative estimate of drug-likeness (QED) is 0.259. The molecule has 6 heteroatoms. The molecule has 1 amide bonds. The Kier molecular flexibility index (Phi) is 4.33. The third-order valence-corrected chi connectivity index (χ3v) is 2.38. The highest BCUT2D eigenvalue weighted by Crippen LogP contribution is 2.10. The summed E-state index contributed by atoms with van der Waals surface area (Å²) in [5, 5.41) is 14.5. The number of anilines is 1. The molecule has 17 heavy (non-hydrogen) atoms. The molecule has 0 aliphatic carbocycles. The van der Waals surface area contributed by atoms with E-state index in [9.17, 15) is 4.79 Å². The second-order valence-corrected chi connectivity index (χ2v) is 3.75. The molecule has 1 atom stereocenters. The lowest BCUT2D eigenvalue weighted by Crippen LogP contribution is -2.27. The highest BCUT2D eigenvalue weighted by Gasteiger charge is 2.07. The standard InChI is InChI=1S/C11H16N4O2/c1-7(10(12)15-17)6-14-9-4-2-3-8(5-9)11(13)16/h2-5,7,14,17H,6H2,1H3,(H2,12,15)(H2,13,16). The fraction of sp³-hybridized carbons (Fsp3) is 0.273. The number of rotatable bonds is 5. The maximum atomic E-state index is 11.0. The van der Waals surface area contributed by atoms with Crippen LogP contribution < -0.4 is 16.8 Å². The summed E-state index contributed by atoms with van der Waals surface area (Å²) in [7, 11) is 0. The molecule has 0 radical (unpaired) electrons. The summed E-state index contributed by atoms with van der Waals surface area (Å²) in [5.74, 6) is -0.432. The Hall–Kier alpha value is -2.24. The van der Waals surface area contributed by atoms with Gasteiger partial charge in [0.2, 0.25) is 5.91 Å². The molecule has 0 aliphatic rings. The third-order valence-electron chi connectivity index (χ3n) is 2.38. The number of nitrogens with zero attached hydrogens (tertiary/aromatic N) is 1. The van der Waals surface area contributed by atoms with Crippen molar-refractivity contribution in [1.29, 1.82) is 0 Å². The minimum absolute atomic E-state index is 0.114. The average molecular weight is 236 g/mol. The van der Waals surface area contributed by atoms with E-state index in [0.717, 1.165) is 5.69 Å². The van der Waals surface area contributed by atoms with E-state index in [2.05, 4.69) is 10.5 Å². The Morgan fingerprint density at radius 2 is 2.24 bits per heavy atom. The number of amidine groups is 1. The molecule has 0 spiro atoms. The molecule has 0 aliphatic heterocycles. The monoisotopic (exact) mass is 236 g/mol. The van der Waals surface area contributed by atoms with Gasteiger partial charge < -0.3 is 22.0 Å².